The van der Waals surface area contributed by atoms with Gasteiger partial charge >= 0.3 is 0 Å². The molecule has 1 nitrogen and oxygen atoms in total. The maximum atomic E-state index is 4.65. The summed E-state index contributed by atoms with van der Waals surface area (Å²) in [6.07, 6.45) is 30.7. The first-order valence-corrected chi connectivity index (χ1v) is 11.0. The van der Waals surface area contributed by atoms with Crippen LogP contribution in [0, 0.1) is 7.11 Å². The van der Waals surface area contributed by atoms with Crippen LogP contribution >= 0.6 is 0 Å². The van der Waals surface area contributed by atoms with Gasteiger partial charge < -0.3 is 4.74 Å². The van der Waals surface area contributed by atoms with Gasteiger partial charge in [0.15, 0.2) is 0 Å². The zero-order valence-electron chi connectivity index (χ0n) is 16.7. The van der Waals surface area contributed by atoms with Crippen molar-refractivity contribution in [1.29, 1.82) is 0 Å². The Morgan fingerprint density at radius 3 is 1.21 bits per heavy atom. The molecule has 1 radical (unpaired) electrons. The average Bonchev–Trinajstić information content (AvgIpc) is 2.60. The Kier molecular flexibility index (Phi) is 22.1. The Hall–Kier alpha value is -0.460. The van der Waals surface area contributed by atoms with Gasteiger partial charge in [-0.2, -0.15) is 0 Å². The lowest BCUT2D eigenvalue weighted by Crippen LogP contribution is -1.84. The molecule has 0 aliphatic rings. The summed E-state index contributed by atoms with van der Waals surface area (Å²) in [5.74, 6) is 0. The minimum atomic E-state index is 1.13. The predicted molar refractivity (Wildman–Crippen MR) is 109 cm³/mol. The van der Waals surface area contributed by atoms with E-state index in [2.05, 4.69) is 24.8 Å². The zero-order valence-corrected chi connectivity index (χ0v) is 16.7. The van der Waals surface area contributed by atoms with E-state index in [0.717, 1.165) is 6.42 Å². The van der Waals surface area contributed by atoms with Gasteiger partial charge in [-0.1, -0.05) is 116 Å². The van der Waals surface area contributed by atoms with Gasteiger partial charge in [0.1, 0.15) is 7.11 Å². The van der Waals surface area contributed by atoms with E-state index < -0.39 is 0 Å². The molecule has 0 rings (SSSR count). The average molecular weight is 338 g/mol. The minimum Gasteiger partial charge on any atom is -0.498 e. The van der Waals surface area contributed by atoms with Gasteiger partial charge in [0.25, 0.3) is 0 Å². The summed E-state index contributed by atoms with van der Waals surface area (Å²) in [5.41, 5.74) is 0. The number of rotatable bonds is 20. The number of ether oxygens (including phenoxy) is 1. The SMILES string of the molecule is [CH2]OC=CCCCCCCCCCCCCCCCCCCCC. The van der Waals surface area contributed by atoms with E-state index in [1.807, 2.05) is 0 Å². The van der Waals surface area contributed by atoms with E-state index in [-0.39, 0.29) is 0 Å². The van der Waals surface area contributed by atoms with Crippen molar-refractivity contribution in [1.82, 2.24) is 0 Å². The molecule has 0 aliphatic carbocycles. The molecule has 0 saturated heterocycles. The first-order valence-electron chi connectivity index (χ1n) is 11.0. The first kappa shape index (κ1) is 23.5. The third-order valence-corrected chi connectivity index (χ3v) is 4.92. The monoisotopic (exact) mass is 337 g/mol. The summed E-state index contributed by atoms with van der Waals surface area (Å²) < 4.78 is 4.65. The van der Waals surface area contributed by atoms with Crippen LogP contribution in [0.4, 0.5) is 0 Å². The summed E-state index contributed by atoms with van der Waals surface area (Å²) in [4.78, 5) is 0. The van der Waals surface area contributed by atoms with Crippen LogP contribution in [0.25, 0.3) is 0 Å². The lowest BCUT2D eigenvalue weighted by atomic mass is 10.0. The Morgan fingerprint density at radius 1 is 0.542 bits per heavy atom. The van der Waals surface area contributed by atoms with Crippen molar-refractivity contribution in [3.63, 3.8) is 0 Å². The van der Waals surface area contributed by atoms with E-state index in [1.54, 1.807) is 6.26 Å². The lowest BCUT2D eigenvalue weighted by Gasteiger charge is -2.03. The molecule has 0 fully saturated rings. The third-order valence-electron chi connectivity index (χ3n) is 4.92. The van der Waals surface area contributed by atoms with Gasteiger partial charge in [0.2, 0.25) is 0 Å². The summed E-state index contributed by atoms with van der Waals surface area (Å²) in [6, 6.07) is 0. The molecule has 0 spiro atoms. The smallest absolute Gasteiger partial charge is 0.121 e. The molecule has 0 bridgehead atoms. The summed E-state index contributed by atoms with van der Waals surface area (Å²) in [5, 5.41) is 0. The van der Waals surface area contributed by atoms with E-state index in [4.69, 9.17) is 0 Å². The second-order valence-corrected chi connectivity index (χ2v) is 7.34. The lowest BCUT2D eigenvalue weighted by molar-refractivity contribution is 0.391. The molecule has 0 unspecified atom stereocenters. The molecule has 0 atom stereocenters. The summed E-state index contributed by atoms with van der Waals surface area (Å²) in [6.45, 7) is 2.29. The largest absolute Gasteiger partial charge is 0.498 e. The second-order valence-electron chi connectivity index (χ2n) is 7.34. The van der Waals surface area contributed by atoms with Crippen LogP contribution in [0.15, 0.2) is 12.3 Å². The van der Waals surface area contributed by atoms with Crippen LogP contribution in [0.3, 0.4) is 0 Å². The highest BCUT2D eigenvalue weighted by molar-refractivity contribution is 4.72. The predicted octanol–water partition coefficient (Wildman–Crippen LogP) is 8.74. The molecule has 0 saturated carbocycles. The van der Waals surface area contributed by atoms with Gasteiger partial charge in [-0.05, 0) is 18.9 Å². The van der Waals surface area contributed by atoms with E-state index in [1.165, 1.54) is 116 Å². The highest BCUT2D eigenvalue weighted by Crippen LogP contribution is 2.14. The van der Waals surface area contributed by atoms with E-state index in [0.29, 0.717) is 0 Å². The Balaban J connectivity index is 2.97. The standard InChI is InChI=1S/C23H45O/c1-3-4-5-6-7-8-9-10-11-12-13-14-15-16-17-18-19-20-21-22-23-24-2/h22-23H,2-21H2,1H3. The zero-order chi connectivity index (χ0) is 17.6. The molecule has 0 aromatic carbocycles. The number of unbranched alkanes of at least 4 members (excludes halogenated alkanes) is 18. The van der Waals surface area contributed by atoms with Crippen molar-refractivity contribution in [2.75, 3.05) is 0 Å². The van der Waals surface area contributed by atoms with Crippen LogP contribution in [-0.2, 0) is 4.74 Å². The fourth-order valence-electron chi connectivity index (χ4n) is 3.30. The Bertz CT molecular complexity index is 234. The van der Waals surface area contributed by atoms with Crippen LogP contribution in [0.5, 0.6) is 0 Å². The summed E-state index contributed by atoms with van der Waals surface area (Å²) in [7, 11) is 3.32. The second kappa shape index (κ2) is 22.5. The van der Waals surface area contributed by atoms with E-state index in [9.17, 15) is 0 Å². The molecule has 143 valence electrons. The van der Waals surface area contributed by atoms with Crippen molar-refractivity contribution in [2.45, 2.75) is 129 Å². The van der Waals surface area contributed by atoms with Gasteiger partial charge in [0, 0.05) is 0 Å². The van der Waals surface area contributed by atoms with E-state index >= 15 is 0 Å². The van der Waals surface area contributed by atoms with Crippen molar-refractivity contribution < 1.29 is 4.74 Å². The highest BCUT2D eigenvalue weighted by Gasteiger charge is 1.94. The van der Waals surface area contributed by atoms with Crippen LogP contribution in [0.1, 0.15) is 129 Å². The molecule has 1 heteroatoms. The van der Waals surface area contributed by atoms with Crippen molar-refractivity contribution >= 4 is 0 Å². The normalized spacial score (nSPS) is 11.4. The van der Waals surface area contributed by atoms with Crippen LogP contribution in [-0.4, -0.2) is 0 Å². The molecule has 0 N–H and O–H groups in total. The van der Waals surface area contributed by atoms with Gasteiger partial charge in [0.05, 0.1) is 6.26 Å². The third kappa shape index (κ3) is 21.5. The number of hydrogen-bond acceptors (Lipinski definition) is 1. The molecular weight excluding hydrogens is 292 g/mol. The molecule has 24 heavy (non-hydrogen) atoms. The highest BCUT2D eigenvalue weighted by atomic mass is 16.5. The quantitative estimate of drug-likeness (QED) is 0.159. The van der Waals surface area contributed by atoms with Gasteiger partial charge in [-0.3, -0.25) is 0 Å². The first-order chi connectivity index (χ1) is 11.9. The maximum Gasteiger partial charge on any atom is 0.121 e. The van der Waals surface area contributed by atoms with Crippen LogP contribution < -0.4 is 0 Å². The van der Waals surface area contributed by atoms with Crippen molar-refractivity contribution in [3.8, 4) is 0 Å². The molecule has 0 aliphatic heterocycles. The van der Waals surface area contributed by atoms with Crippen LogP contribution in [0.2, 0.25) is 0 Å². The summed E-state index contributed by atoms with van der Waals surface area (Å²) >= 11 is 0. The van der Waals surface area contributed by atoms with Crippen molar-refractivity contribution in [2.24, 2.45) is 0 Å². The molecule has 0 amide bonds. The Morgan fingerprint density at radius 2 is 0.875 bits per heavy atom. The molecule has 0 aromatic rings. The van der Waals surface area contributed by atoms with Gasteiger partial charge in [-0.15, -0.1) is 0 Å². The minimum absolute atomic E-state index is 1.13. The van der Waals surface area contributed by atoms with Crippen molar-refractivity contribution in [3.05, 3.63) is 19.4 Å². The topological polar surface area (TPSA) is 9.23 Å². The maximum absolute atomic E-state index is 4.65. The Labute approximate surface area is 153 Å². The number of allylic oxidation sites excluding steroid dienone is 1. The fraction of sp³-hybridized carbons (Fsp3) is 0.870. The fourth-order valence-corrected chi connectivity index (χ4v) is 3.30. The van der Waals surface area contributed by atoms with Gasteiger partial charge in [-0.25, -0.2) is 0 Å². The molecule has 0 aromatic heterocycles. The number of hydrogen-bond donors (Lipinski definition) is 0. The molecular formula is C23H45O. The molecule has 0 heterocycles.